The van der Waals surface area contributed by atoms with Gasteiger partial charge >= 0.3 is 0 Å². The predicted octanol–water partition coefficient (Wildman–Crippen LogP) is 4.86. The molecule has 6 heteroatoms. The third-order valence-electron chi connectivity index (χ3n) is 5.02. The largest absolute Gasteiger partial charge is 0.361 e. The van der Waals surface area contributed by atoms with Crippen LogP contribution in [0.3, 0.4) is 0 Å². The smallest absolute Gasteiger partial charge is 0.234 e. The lowest BCUT2D eigenvalue weighted by molar-refractivity contribution is -0.113. The van der Waals surface area contributed by atoms with Crippen LogP contribution in [0.5, 0.6) is 0 Å². The third-order valence-corrected chi connectivity index (χ3v) is 5.98. The van der Waals surface area contributed by atoms with E-state index in [0.717, 1.165) is 47.1 Å². The Labute approximate surface area is 169 Å². The minimum atomic E-state index is -0.00306. The first-order chi connectivity index (χ1) is 13.6. The van der Waals surface area contributed by atoms with Gasteiger partial charge in [-0.05, 0) is 44.0 Å². The summed E-state index contributed by atoms with van der Waals surface area (Å²) in [6.07, 6.45) is 1.02. The molecule has 1 aliphatic heterocycles. The number of hydrogen-bond donors (Lipinski definition) is 1. The highest BCUT2D eigenvalue weighted by atomic mass is 32.2. The van der Waals surface area contributed by atoms with Crippen molar-refractivity contribution in [3.8, 4) is 0 Å². The van der Waals surface area contributed by atoms with Crippen molar-refractivity contribution in [2.45, 2.75) is 26.0 Å². The SMILES string of the molecule is Cc1noc(C)c1CSCC(=O)Nc1ccccc1N1CCc2ccccc21. The summed E-state index contributed by atoms with van der Waals surface area (Å²) in [6, 6.07) is 16.4. The molecule has 4 rings (SSSR count). The van der Waals surface area contributed by atoms with Crippen molar-refractivity contribution in [3.63, 3.8) is 0 Å². The number of nitrogens with zero attached hydrogens (tertiary/aromatic N) is 2. The average Bonchev–Trinajstić information content (AvgIpc) is 3.27. The highest BCUT2D eigenvalue weighted by Gasteiger charge is 2.22. The Balaban J connectivity index is 1.42. The summed E-state index contributed by atoms with van der Waals surface area (Å²) in [5, 5.41) is 7.05. The summed E-state index contributed by atoms with van der Waals surface area (Å²) < 4.78 is 5.18. The minimum Gasteiger partial charge on any atom is -0.361 e. The fourth-order valence-corrected chi connectivity index (χ4v) is 4.52. The molecule has 0 fully saturated rings. The predicted molar refractivity (Wildman–Crippen MR) is 114 cm³/mol. The summed E-state index contributed by atoms with van der Waals surface area (Å²) in [7, 11) is 0. The van der Waals surface area contributed by atoms with Gasteiger partial charge < -0.3 is 14.7 Å². The summed E-state index contributed by atoms with van der Waals surface area (Å²) in [5.41, 5.74) is 6.42. The van der Waals surface area contributed by atoms with E-state index in [1.165, 1.54) is 11.3 Å². The third kappa shape index (κ3) is 3.78. The van der Waals surface area contributed by atoms with Gasteiger partial charge in [0.25, 0.3) is 0 Å². The number of hydrogen-bond acceptors (Lipinski definition) is 5. The van der Waals surface area contributed by atoms with E-state index in [1.807, 2.05) is 32.0 Å². The molecule has 1 aromatic heterocycles. The number of thioether (sulfide) groups is 1. The molecule has 0 radical (unpaired) electrons. The Morgan fingerprint density at radius 1 is 1.14 bits per heavy atom. The van der Waals surface area contributed by atoms with E-state index in [1.54, 1.807) is 11.8 Å². The van der Waals surface area contributed by atoms with E-state index in [0.29, 0.717) is 5.75 Å². The van der Waals surface area contributed by atoms with Crippen molar-refractivity contribution in [2.24, 2.45) is 0 Å². The van der Waals surface area contributed by atoms with E-state index in [4.69, 9.17) is 4.52 Å². The number of para-hydroxylation sites is 3. The van der Waals surface area contributed by atoms with Gasteiger partial charge in [0.15, 0.2) is 0 Å². The lowest BCUT2D eigenvalue weighted by atomic mass is 10.2. The molecule has 5 nitrogen and oxygen atoms in total. The maximum absolute atomic E-state index is 12.5. The van der Waals surface area contributed by atoms with Crippen molar-refractivity contribution >= 4 is 34.7 Å². The van der Waals surface area contributed by atoms with Crippen molar-refractivity contribution in [2.75, 3.05) is 22.5 Å². The molecule has 0 unspecified atom stereocenters. The lowest BCUT2D eigenvalue weighted by Gasteiger charge is -2.23. The van der Waals surface area contributed by atoms with Crippen LogP contribution in [0.2, 0.25) is 0 Å². The number of aromatic nitrogens is 1. The van der Waals surface area contributed by atoms with Crippen molar-refractivity contribution in [3.05, 3.63) is 71.1 Å². The first-order valence-electron chi connectivity index (χ1n) is 9.37. The zero-order chi connectivity index (χ0) is 19.5. The normalized spacial score (nSPS) is 12.9. The molecule has 1 N–H and O–H groups in total. The lowest BCUT2D eigenvalue weighted by Crippen LogP contribution is -2.19. The molecule has 28 heavy (non-hydrogen) atoms. The monoisotopic (exact) mass is 393 g/mol. The van der Waals surface area contributed by atoms with E-state index in [9.17, 15) is 4.79 Å². The van der Waals surface area contributed by atoms with Gasteiger partial charge in [-0.1, -0.05) is 35.5 Å². The number of rotatable bonds is 6. The van der Waals surface area contributed by atoms with E-state index >= 15 is 0 Å². The molecule has 0 bridgehead atoms. The maximum Gasteiger partial charge on any atom is 0.234 e. The molecule has 3 aromatic rings. The zero-order valence-corrected chi connectivity index (χ0v) is 16.9. The van der Waals surface area contributed by atoms with Crippen LogP contribution in [0.4, 0.5) is 17.1 Å². The molecule has 0 saturated carbocycles. The molecule has 1 aliphatic rings. The number of carbonyl (C=O) groups is 1. The Hall–Kier alpha value is -2.73. The number of amides is 1. The topological polar surface area (TPSA) is 58.4 Å². The quantitative estimate of drug-likeness (QED) is 0.648. The van der Waals surface area contributed by atoms with Crippen LogP contribution in [-0.4, -0.2) is 23.4 Å². The molecule has 144 valence electrons. The molecule has 2 heterocycles. The van der Waals surface area contributed by atoms with Crippen molar-refractivity contribution < 1.29 is 9.32 Å². The van der Waals surface area contributed by atoms with Gasteiger partial charge in [-0.25, -0.2) is 0 Å². The first kappa shape index (κ1) is 18.6. The molecule has 0 aliphatic carbocycles. The highest BCUT2D eigenvalue weighted by molar-refractivity contribution is 7.99. The molecular weight excluding hydrogens is 370 g/mol. The summed E-state index contributed by atoms with van der Waals surface area (Å²) in [6.45, 7) is 4.75. The Bertz CT molecular complexity index is 979. The standard InChI is InChI=1S/C22H23N3O2S/c1-15-18(16(2)27-24-15)13-28-14-22(26)23-19-8-4-6-10-21(19)25-12-11-17-7-3-5-9-20(17)25/h3-10H,11-14H2,1-2H3,(H,23,26). The van der Waals surface area contributed by atoms with Gasteiger partial charge in [0.1, 0.15) is 5.76 Å². The van der Waals surface area contributed by atoms with E-state index in [2.05, 4.69) is 45.7 Å². The summed E-state index contributed by atoms with van der Waals surface area (Å²) in [4.78, 5) is 14.8. The van der Waals surface area contributed by atoms with Crippen LogP contribution in [0.1, 0.15) is 22.6 Å². The van der Waals surface area contributed by atoms with Crippen LogP contribution in [0.25, 0.3) is 0 Å². The van der Waals surface area contributed by atoms with Gasteiger partial charge in [0.2, 0.25) is 5.91 Å². The zero-order valence-electron chi connectivity index (χ0n) is 16.1. The number of anilines is 3. The first-order valence-corrected chi connectivity index (χ1v) is 10.5. The second-order valence-electron chi connectivity index (χ2n) is 6.89. The number of aryl methyl sites for hydroxylation is 2. The second-order valence-corrected chi connectivity index (χ2v) is 7.88. The maximum atomic E-state index is 12.5. The number of benzene rings is 2. The summed E-state index contributed by atoms with van der Waals surface area (Å²) >= 11 is 1.57. The molecule has 0 atom stereocenters. The number of fused-ring (bicyclic) bond motifs is 1. The fraction of sp³-hybridized carbons (Fsp3) is 0.273. The average molecular weight is 394 g/mol. The molecule has 0 saturated heterocycles. The molecule has 0 spiro atoms. The van der Waals surface area contributed by atoms with Gasteiger partial charge in [0.05, 0.1) is 22.8 Å². The van der Waals surface area contributed by atoms with Crippen LogP contribution in [-0.2, 0) is 17.0 Å². The summed E-state index contributed by atoms with van der Waals surface area (Å²) in [5.74, 6) is 1.92. The van der Waals surface area contributed by atoms with E-state index < -0.39 is 0 Å². The molecule has 2 aromatic carbocycles. The van der Waals surface area contributed by atoms with Gasteiger partial charge in [0, 0.05) is 23.5 Å². The van der Waals surface area contributed by atoms with Crippen LogP contribution in [0.15, 0.2) is 53.1 Å². The van der Waals surface area contributed by atoms with Crippen LogP contribution in [0, 0.1) is 13.8 Å². The number of carbonyl (C=O) groups excluding carboxylic acids is 1. The van der Waals surface area contributed by atoms with Crippen LogP contribution >= 0.6 is 11.8 Å². The second kappa shape index (κ2) is 8.10. The number of nitrogens with one attached hydrogen (secondary N) is 1. The fourth-order valence-electron chi connectivity index (χ4n) is 3.54. The minimum absolute atomic E-state index is 0.00306. The molecule has 1 amide bonds. The Kier molecular flexibility index (Phi) is 5.39. The van der Waals surface area contributed by atoms with Crippen LogP contribution < -0.4 is 10.2 Å². The van der Waals surface area contributed by atoms with Crippen molar-refractivity contribution in [1.29, 1.82) is 0 Å². The van der Waals surface area contributed by atoms with Gasteiger partial charge in [-0.2, -0.15) is 0 Å². The van der Waals surface area contributed by atoms with Gasteiger partial charge in [-0.3, -0.25) is 4.79 Å². The van der Waals surface area contributed by atoms with Gasteiger partial charge in [-0.15, -0.1) is 11.8 Å². The Morgan fingerprint density at radius 3 is 2.68 bits per heavy atom. The highest BCUT2D eigenvalue weighted by Crippen LogP contribution is 2.38. The molecular formula is C22H23N3O2S. The van der Waals surface area contributed by atoms with Crippen molar-refractivity contribution in [1.82, 2.24) is 5.16 Å². The van der Waals surface area contributed by atoms with E-state index in [-0.39, 0.29) is 5.91 Å². The Morgan fingerprint density at radius 2 is 1.89 bits per heavy atom.